The van der Waals surface area contributed by atoms with Gasteiger partial charge >= 0.3 is 5.97 Å². The van der Waals surface area contributed by atoms with Crippen LogP contribution in [0.5, 0.6) is 5.75 Å². The Bertz CT molecular complexity index is 604. The third-order valence-electron chi connectivity index (χ3n) is 2.42. The highest BCUT2D eigenvalue weighted by molar-refractivity contribution is 5.88. The van der Waals surface area contributed by atoms with Crippen LogP contribution in [0, 0.1) is 0 Å². The number of nitrogen functional groups attached to an aromatic ring is 2. The number of nitrogens with two attached hydrogens (primary N) is 2. The Morgan fingerprint density at radius 3 is 2.42 bits per heavy atom. The molecule has 4 N–H and O–H groups in total. The molecule has 2 aromatic rings. The van der Waals surface area contributed by atoms with E-state index in [2.05, 4.69) is 0 Å². The van der Waals surface area contributed by atoms with Crippen molar-refractivity contribution >= 4 is 23.4 Å². The zero-order valence-electron chi connectivity index (χ0n) is 10.2. The number of esters is 1. The first-order chi connectivity index (χ1) is 9.13. The van der Waals surface area contributed by atoms with Gasteiger partial charge in [-0.2, -0.15) is 0 Å². The van der Waals surface area contributed by atoms with Crippen molar-refractivity contribution in [2.24, 2.45) is 0 Å². The SMILES string of the molecule is Nc1ccc(/C=C/C(=O)Oc2cccc(N)c2)cc1. The molecule has 0 heterocycles. The monoisotopic (exact) mass is 254 g/mol. The van der Waals surface area contributed by atoms with Crippen LogP contribution in [-0.4, -0.2) is 5.97 Å². The second-order valence-electron chi connectivity index (χ2n) is 3.99. The van der Waals surface area contributed by atoms with Gasteiger partial charge in [0.2, 0.25) is 0 Å². The van der Waals surface area contributed by atoms with Crippen molar-refractivity contribution in [3.63, 3.8) is 0 Å². The molecule has 0 aliphatic heterocycles. The molecule has 0 fully saturated rings. The molecule has 0 radical (unpaired) electrons. The molecule has 0 unspecified atom stereocenters. The second-order valence-corrected chi connectivity index (χ2v) is 3.99. The Morgan fingerprint density at radius 1 is 1.00 bits per heavy atom. The Hall–Kier alpha value is -2.75. The van der Waals surface area contributed by atoms with Crippen LogP contribution in [0.2, 0.25) is 0 Å². The predicted molar refractivity (Wildman–Crippen MR) is 76.4 cm³/mol. The third-order valence-corrected chi connectivity index (χ3v) is 2.42. The lowest BCUT2D eigenvalue weighted by Crippen LogP contribution is -2.03. The topological polar surface area (TPSA) is 78.3 Å². The summed E-state index contributed by atoms with van der Waals surface area (Å²) in [4.78, 5) is 11.6. The first kappa shape index (κ1) is 12.7. The van der Waals surface area contributed by atoms with E-state index in [9.17, 15) is 4.79 Å². The van der Waals surface area contributed by atoms with Crippen LogP contribution in [-0.2, 0) is 4.79 Å². The highest BCUT2D eigenvalue weighted by Gasteiger charge is 2.00. The van der Waals surface area contributed by atoms with Crippen LogP contribution in [0.3, 0.4) is 0 Å². The standard InChI is InChI=1S/C15H14N2O2/c16-12-7-4-11(5-8-12)6-9-15(18)19-14-3-1-2-13(17)10-14/h1-10H,16-17H2/b9-6+. The molecule has 0 spiro atoms. The van der Waals surface area contributed by atoms with Crippen LogP contribution in [0.15, 0.2) is 54.6 Å². The van der Waals surface area contributed by atoms with E-state index < -0.39 is 5.97 Å². The molecule has 0 saturated carbocycles. The minimum absolute atomic E-state index is 0.423. The van der Waals surface area contributed by atoms with E-state index in [0.29, 0.717) is 17.1 Å². The van der Waals surface area contributed by atoms with Crippen molar-refractivity contribution in [1.82, 2.24) is 0 Å². The van der Waals surface area contributed by atoms with Gasteiger partial charge in [-0.05, 0) is 35.9 Å². The predicted octanol–water partition coefficient (Wildman–Crippen LogP) is 2.47. The van der Waals surface area contributed by atoms with Crippen molar-refractivity contribution in [2.75, 3.05) is 11.5 Å². The fourth-order valence-electron chi connectivity index (χ4n) is 1.50. The fourth-order valence-corrected chi connectivity index (χ4v) is 1.50. The first-order valence-corrected chi connectivity index (χ1v) is 5.74. The Kier molecular flexibility index (Phi) is 3.83. The molecule has 4 nitrogen and oxygen atoms in total. The smallest absolute Gasteiger partial charge is 0.336 e. The van der Waals surface area contributed by atoms with Crippen molar-refractivity contribution < 1.29 is 9.53 Å². The average molecular weight is 254 g/mol. The van der Waals surface area contributed by atoms with Crippen molar-refractivity contribution in [2.45, 2.75) is 0 Å². The number of hydrogen-bond donors (Lipinski definition) is 2. The average Bonchev–Trinajstić information content (AvgIpc) is 2.38. The quantitative estimate of drug-likeness (QED) is 0.382. The summed E-state index contributed by atoms with van der Waals surface area (Å²) in [6.07, 6.45) is 3.02. The summed E-state index contributed by atoms with van der Waals surface area (Å²) in [7, 11) is 0. The number of carbonyl (C=O) groups is 1. The van der Waals surface area contributed by atoms with Crippen LogP contribution >= 0.6 is 0 Å². The van der Waals surface area contributed by atoms with Crippen LogP contribution in [0.1, 0.15) is 5.56 Å². The van der Waals surface area contributed by atoms with Gasteiger partial charge in [-0.15, -0.1) is 0 Å². The Balaban J connectivity index is 1.99. The summed E-state index contributed by atoms with van der Waals surface area (Å²) in [5.41, 5.74) is 13.3. The molecule has 2 aromatic carbocycles. The van der Waals surface area contributed by atoms with Crippen molar-refractivity contribution in [1.29, 1.82) is 0 Å². The van der Waals surface area contributed by atoms with Crippen LogP contribution in [0.25, 0.3) is 6.08 Å². The van der Waals surface area contributed by atoms with E-state index in [1.54, 1.807) is 42.5 Å². The van der Waals surface area contributed by atoms with E-state index in [0.717, 1.165) is 5.56 Å². The van der Waals surface area contributed by atoms with Crippen molar-refractivity contribution in [3.8, 4) is 5.75 Å². The van der Waals surface area contributed by atoms with Gasteiger partial charge in [0.15, 0.2) is 0 Å². The molecule has 0 amide bonds. The molecule has 0 atom stereocenters. The second kappa shape index (κ2) is 5.73. The summed E-state index contributed by atoms with van der Waals surface area (Å²) in [6.45, 7) is 0. The highest BCUT2D eigenvalue weighted by Crippen LogP contribution is 2.15. The normalized spacial score (nSPS) is 10.5. The van der Waals surface area contributed by atoms with Gasteiger partial charge in [0.1, 0.15) is 5.75 Å². The molecule has 0 aromatic heterocycles. The van der Waals surface area contributed by atoms with E-state index >= 15 is 0 Å². The fraction of sp³-hybridized carbons (Fsp3) is 0. The minimum atomic E-state index is -0.456. The first-order valence-electron chi connectivity index (χ1n) is 5.74. The number of anilines is 2. The van der Waals surface area contributed by atoms with E-state index in [1.165, 1.54) is 6.08 Å². The maximum Gasteiger partial charge on any atom is 0.336 e. The van der Waals surface area contributed by atoms with Crippen LogP contribution < -0.4 is 16.2 Å². The maximum atomic E-state index is 11.6. The van der Waals surface area contributed by atoms with E-state index in [1.807, 2.05) is 12.1 Å². The molecule has 96 valence electrons. The lowest BCUT2D eigenvalue weighted by Gasteiger charge is -2.01. The highest BCUT2D eigenvalue weighted by atomic mass is 16.5. The van der Waals surface area contributed by atoms with Gasteiger partial charge < -0.3 is 16.2 Å². The van der Waals surface area contributed by atoms with Gasteiger partial charge in [-0.1, -0.05) is 18.2 Å². The summed E-state index contributed by atoms with van der Waals surface area (Å²) in [5.74, 6) is -0.0330. The number of hydrogen-bond acceptors (Lipinski definition) is 4. The third kappa shape index (κ3) is 3.89. The Labute approximate surface area is 111 Å². The van der Waals surface area contributed by atoms with Gasteiger partial charge in [0.25, 0.3) is 0 Å². The zero-order chi connectivity index (χ0) is 13.7. The van der Waals surface area contributed by atoms with Gasteiger partial charge in [0.05, 0.1) is 0 Å². The van der Waals surface area contributed by atoms with E-state index in [-0.39, 0.29) is 0 Å². The minimum Gasteiger partial charge on any atom is -0.423 e. The number of carbonyl (C=O) groups excluding carboxylic acids is 1. The van der Waals surface area contributed by atoms with Gasteiger partial charge in [-0.3, -0.25) is 0 Å². The number of benzene rings is 2. The molecule has 0 bridgehead atoms. The summed E-state index contributed by atoms with van der Waals surface area (Å²) in [5, 5.41) is 0. The number of rotatable bonds is 3. The molecule has 0 aliphatic rings. The van der Waals surface area contributed by atoms with Gasteiger partial charge in [0, 0.05) is 23.5 Å². The molecule has 2 rings (SSSR count). The molecular weight excluding hydrogens is 240 g/mol. The molecular formula is C15H14N2O2. The summed E-state index contributed by atoms with van der Waals surface area (Å²) >= 11 is 0. The van der Waals surface area contributed by atoms with Gasteiger partial charge in [-0.25, -0.2) is 4.79 Å². The molecule has 19 heavy (non-hydrogen) atoms. The molecule has 0 aliphatic carbocycles. The largest absolute Gasteiger partial charge is 0.423 e. The molecule has 4 heteroatoms. The summed E-state index contributed by atoms with van der Waals surface area (Å²) in [6, 6.07) is 13.9. The van der Waals surface area contributed by atoms with E-state index in [4.69, 9.17) is 16.2 Å². The maximum absolute atomic E-state index is 11.6. The van der Waals surface area contributed by atoms with Crippen LogP contribution in [0.4, 0.5) is 11.4 Å². The Morgan fingerprint density at radius 2 is 1.74 bits per heavy atom. The number of ether oxygens (including phenoxy) is 1. The molecule has 0 saturated heterocycles. The lowest BCUT2D eigenvalue weighted by atomic mass is 10.2. The van der Waals surface area contributed by atoms with Crippen molar-refractivity contribution in [3.05, 3.63) is 60.2 Å². The lowest BCUT2D eigenvalue weighted by molar-refractivity contribution is -0.128. The zero-order valence-corrected chi connectivity index (χ0v) is 10.2. The summed E-state index contributed by atoms with van der Waals surface area (Å²) < 4.78 is 5.11.